The van der Waals surface area contributed by atoms with Crippen LogP contribution in [0.25, 0.3) is 17.0 Å². The van der Waals surface area contributed by atoms with Crippen molar-refractivity contribution in [1.82, 2.24) is 24.3 Å². The molecular weight excluding hydrogens is 434 g/mol. The fraction of sp³-hybridized carbons (Fsp3) is 0.320. The van der Waals surface area contributed by atoms with Crippen LogP contribution in [-0.2, 0) is 6.42 Å². The second kappa shape index (κ2) is 10.3. The average molecular weight is 464 g/mol. The molecule has 1 saturated heterocycles. The Labute approximate surface area is 200 Å². The number of pyridine rings is 1. The third kappa shape index (κ3) is 4.85. The van der Waals surface area contributed by atoms with Crippen LogP contribution in [0.3, 0.4) is 0 Å². The smallest absolute Gasteiger partial charge is 0.180 e. The fourth-order valence-corrected chi connectivity index (χ4v) is 4.39. The number of anilines is 1. The standard InChI is InChI=1S/C25H29N7.ClH/c1-30-12-14-31(15-13-30)24-25-28-18-23(32(25)11-10-27-24)22-9-5-8-21(29-22)16-20(17-26)19-6-3-2-4-7-19;/h2-11,18,20H,12-17,26H2,1H3;1H. The molecule has 1 aromatic carbocycles. The lowest BCUT2D eigenvalue weighted by Crippen LogP contribution is -2.45. The number of piperazine rings is 1. The SMILES string of the molecule is CN1CCN(c2nccn3c(-c4cccc(CC(CN)c5ccccc5)n4)cnc23)CC1.Cl. The number of likely N-dealkylation sites (N-methyl/N-ethyl adjacent to an activating group) is 1. The van der Waals surface area contributed by atoms with Crippen molar-refractivity contribution in [1.29, 1.82) is 0 Å². The number of fused-ring (bicyclic) bond motifs is 1. The van der Waals surface area contributed by atoms with Gasteiger partial charge in [0.1, 0.15) is 0 Å². The zero-order valence-electron chi connectivity index (χ0n) is 18.8. The maximum atomic E-state index is 6.10. The third-order valence-electron chi connectivity index (χ3n) is 6.29. The summed E-state index contributed by atoms with van der Waals surface area (Å²) in [7, 11) is 2.16. The molecule has 0 amide bonds. The Hall–Kier alpha value is -3.00. The van der Waals surface area contributed by atoms with Gasteiger partial charge in [-0.25, -0.2) is 9.97 Å². The number of imidazole rings is 1. The molecule has 0 radical (unpaired) electrons. The molecule has 1 atom stereocenters. The monoisotopic (exact) mass is 463 g/mol. The number of hydrogen-bond acceptors (Lipinski definition) is 6. The van der Waals surface area contributed by atoms with Crippen molar-refractivity contribution in [2.75, 3.05) is 44.7 Å². The van der Waals surface area contributed by atoms with E-state index < -0.39 is 0 Å². The second-order valence-electron chi connectivity index (χ2n) is 8.44. The molecule has 8 heteroatoms. The fourth-order valence-electron chi connectivity index (χ4n) is 4.39. The van der Waals surface area contributed by atoms with Crippen LogP contribution < -0.4 is 10.6 Å². The van der Waals surface area contributed by atoms with E-state index in [1.165, 1.54) is 5.56 Å². The average Bonchev–Trinajstić information content (AvgIpc) is 3.28. The Kier molecular flexibility index (Phi) is 7.23. The summed E-state index contributed by atoms with van der Waals surface area (Å²) >= 11 is 0. The van der Waals surface area contributed by atoms with Gasteiger partial charge < -0.3 is 15.5 Å². The molecule has 3 aromatic heterocycles. The summed E-state index contributed by atoms with van der Waals surface area (Å²) in [5.74, 6) is 1.18. The summed E-state index contributed by atoms with van der Waals surface area (Å²) in [6, 6.07) is 16.6. The normalized spacial score (nSPS) is 15.4. The van der Waals surface area contributed by atoms with E-state index in [4.69, 9.17) is 15.7 Å². The van der Waals surface area contributed by atoms with Crippen LogP contribution in [0.4, 0.5) is 5.82 Å². The topological polar surface area (TPSA) is 75.6 Å². The molecule has 1 aliphatic heterocycles. The highest BCUT2D eigenvalue weighted by Gasteiger charge is 2.20. The van der Waals surface area contributed by atoms with Gasteiger partial charge in [0, 0.05) is 50.2 Å². The first-order valence-corrected chi connectivity index (χ1v) is 11.2. The van der Waals surface area contributed by atoms with Gasteiger partial charge in [0.15, 0.2) is 11.5 Å². The van der Waals surface area contributed by atoms with Crippen LogP contribution in [-0.4, -0.2) is 64.0 Å². The molecule has 172 valence electrons. The number of halogens is 1. The Balaban J connectivity index is 0.00000259. The van der Waals surface area contributed by atoms with Gasteiger partial charge in [-0.3, -0.25) is 9.38 Å². The summed E-state index contributed by atoms with van der Waals surface area (Å²) in [6.07, 6.45) is 6.54. The maximum Gasteiger partial charge on any atom is 0.180 e. The van der Waals surface area contributed by atoms with Gasteiger partial charge in [0.2, 0.25) is 0 Å². The summed E-state index contributed by atoms with van der Waals surface area (Å²) in [6.45, 7) is 4.57. The Morgan fingerprint density at radius 3 is 2.52 bits per heavy atom. The molecule has 33 heavy (non-hydrogen) atoms. The number of hydrogen-bond donors (Lipinski definition) is 1. The molecule has 7 nitrogen and oxygen atoms in total. The summed E-state index contributed by atoms with van der Waals surface area (Å²) < 4.78 is 2.10. The van der Waals surface area contributed by atoms with E-state index in [-0.39, 0.29) is 18.3 Å². The molecule has 4 aromatic rings. The van der Waals surface area contributed by atoms with E-state index in [9.17, 15) is 0 Å². The number of rotatable bonds is 6. The second-order valence-corrected chi connectivity index (χ2v) is 8.44. The molecular formula is C25H30ClN7. The summed E-state index contributed by atoms with van der Waals surface area (Å²) in [5.41, 5.74) is 11.1. The number of benzene rings is 1. The molecule has 1 aliphatic rings. The van der Waals surface area contributed by atoms with Crippen LogP contribution >= 0.6 is 12.4 Å². The molecule has 0 bridgehead atoms. The van der Waals surface area contributed by atoms with Crippen molar-refractivity contribution >= 4 is 23.9 Å². The van der Waals surface area contributed by atoms with Gasteiger partial charge in [-0.2, -0.15) is 0 Å². The molecule has 4 heterocycles. The quantitative estimate of drug-likeness (QED) is 0.473. The molecule has 0 aliphatic carbocycles. The molecule has 2 N–H and O–H groups in total. The first kappa shape index (κ1) is 23.2. The van der Waals surface area contributed by atoms with Gasteiger partial charge in [-0.1, -0.05) is 36.4 Å². The minimum atomic E-state index is 0. The lowest BCUT2D eigenvalue weighted by Gasteiger charge is -2.33. The third-order valence-corrected chi connectivity index (χ3v) is 6.29. The zero-order chi connectivity index (χ0) is 21.9. The van der Waals surface area contributed by atoms with Crippen LogP contribution in [0, 0.1) is 0 Å². The molecule has 0 saturated carbocycles. The lowest BCUT2D eigenvalue weighted by molar-refractivity contribution is 0.312. The number of nitrogens with two attached hydrogens (primary N) is 1. The predicted molar refractivity (Wildman–Crippen MR) is 135 cm³/mol. The van der Waals surface area contributed by atoms with Crippen molar-refractivity contribution in [3.8, 4) is 11.4 Å². The largest absolute Gasteiger partial charge is 0.351 e. The Morgan fingerprint density at radius 1 is 0.970 bits per heavy atom. The highest BCUT2D eigenvalue weighted by molar-refractivity contribution is 5.85. The maximum absolute atomic E-state index is 6.10. The molecule has 0 spiro atoms. The summed E-state index contributed by atoms with van der Waals surface area (Å²) in [4.78, 5) is 19.0. The van der Waals surface area contributed by atoms with E-state index >= 15 is 0 Å². The van der Waals surface area contributed by atoms with Crippen LogP contribution in [0.15, 0.2) is 67.1 Å². The lowest BCUT2D eigenvalue weighted by atomic mass is 9.94. The van der Waals surface area contributed by atoms with E-state index in [0.717, 1.165) is 61.1 Å². The van der Waals surface area contributed by atoms with E-state index in [2.05, 4.69) is 62.6 Å². The Morgan fingerprint density at radius 2 is 1.76 bits per heavy atom. The van der Waals surface area contributed by atoms with Gasteiger partial charge >= 0.3 is 0 Å². The van der Waals surface area contributed by atoms with Crippen molar-refractivity contribution in [3.05, 3.63) is 78.4 Å². The first-order chi connectivity index (χ1) is 15.7. The van der Waals surface area contributed by atoms with E-state index in [1.807, 2.05) is 30.7 Å². The summed E-state index contributed by atoms with van der Waals surface area (Å²) in [5, 5.41) is 0. The van der Waals surface area contributed by atoms with Crippen molar-refractivity contribution in [2.45, 2.75) is 12.3 Å². The van der Waals surface area contributed by atoms with Crippen molar-refractivity contribution in [3.63, 3.8) is 0 Å². The van der Waals surface area contributed by atoms with Crippen molar-refractivity contribution in [2.24, 2.45) is 5.73 Å². The molecule has 5 rings (SSSR count). The number of nitrogens with zero attached hydrogens (tertiary/aromatic N) is 6. The van der Waals surface area contributed by atoms with Crippen LogP contribution in [0.5, 0.6) is 0 Å². The minimum Gasteiger partial charge on any atom is -0.351 e. The van der Waals surface area contributed by atoms with Crippen molar-refractivity contribution < 1.29 is 0 Å². The zero-order valence-corrected chi connectivity index (χ0v) is 19.7. The van der Waals surface area contributed by atoms with Gasteiger partial charge in [0.25, 0.3) is 0 Å². The number of aromatic nitrogens is 4. The first-order valence-electron chi connectivity index (χ1n) is 11.2. The highest BCUT2D eigenvalue weighted by Crippen LogP contribution is 2.26. The van der Waals surface area contributed by atoms with Crippen LogP contribution in [0.1, 0.15) is 17.2 Å². The minimum absolute atomic E-state index is 0. The van der Waals surface area contributed by atoms with Crippen LogP contribution in [0.2, 0.25) is 0 Å². The van der Waals surface area contributed by atoms with E-state index in [0.29, 0.717) is 6.54 Å². The molecule has 1 unspecified atom stereocenters. The molecule has 1 fully saturated rings. The van der Waals surface area contributed by atoms with Gasteiger partial charge in [-0.05, 0) is 37.7 Å². The van der Waals surface area contributed by atoms with E-state index in [1.54, 1.807) is 0 Å². The highest BCUT2D eigenvalue weighted by atomic mass is 35.5. The van der Waals surface area contributed by atoms with Gasteiger partial charge in [-0.15, -0.1) is 12.4 Å². The van der Waals surface area contributed by atoms with Gasteiger partial charge in [0.05, 0.1) is 17.6 Å². The Bertz CT molecular complexity index is 1190. The predicted octanol–water partition coefficient (Wildman–Crippen LogP) is 3.25.